The Kier molecular flexibility index (Phi) is 7.57. The molecule has 0 unspecified atom stereocenters. The van der Waals surface area contributed by atoms with Gasteiger partial charge in [-0.25, -0.2) is 0 Å². The molecule has 4 rings (SSSR count). The molecule has 0 saturated carbocycles. The molecular formula is C25H37ClN6OS. The fourth-order valence-electron chi connectivity index (χ4n) is 5.00. The van der Waals surface area contributed by atoms with E-state index in [-0.39, 0.29) is 11.4 Å². The number of nitrogens with zero attached hydrogens (tertiary/aromatic N) is 5. The topological polar surface area (TPSA) is 64.6 Å². The van der Waals surface area contributed by atoms with E-state index in [2.05, 4.69) is 24.5 Å². The first-order valence-electron chi connectivity index (χ1n) is 12.2. The van der Waals surface area contributed by atoms with Gasteiger partial charge in [0.25, 0.3) is 5.91 Å². The zero-order valence-electron chi connectivity index (χ0n) is 21.0. The van der Waals surface area contributed by atoms with Crippen molar-refractivity contribution in [3.05, 3.63) is 28.8 Å². The van der Waals surface area contributed by atoms with Gasteiger partial charge in [-0.2, -0.15) is 9.36 Å². The third-order valence-corrected chi connectivity index (χ3v) is 7.95. The number of hydrogen-bond donors (Lipinski definition) is 1. The number of piperidine rings is 2. The van der Waals surface area contributed by atoms with Crippen LogP contribution in [0.4, 0.5) is 16.8 Å². The number of carbonyl (C=O) groups is 1. The largest absolute Gasteiger partial charge is 0.371 e. The Morgan fingerprint density at radius 3 is 2.15 bits per heavy atom. The summed E-state index contributed by atoms with van der Waals surface area (Å²) in [5.41, 5.74) is 1.36. The first-order valence-corrected chi connectivity index (χ1v) is 13.4. The monoisotopic (exact) mass is 504 g/mol. The maximum Gasteiger partial charge on any atom is 0.253 e. The molecule has 0 bridgehead atoms. The predicted molar refractivity (Wildman–Crippen MR) is 143 cm³/mol. The van der Waals surface area contributed by atoms with Crippen molar-refractivity contribution in [1.82, 2.24) is 14.7 Å². The minimum absolute atomic E-state index is 0.124. The second-order valence-corrected chi connectivity index (χ2v) is 11.9. The molecule has 0 radical (unpaired) electrons. The van der Waals surface area contributed by atoms with E-state index >= 15 is 0 Å². The van der Waals surface area contributed by atoms with E-state index in [0.717, 1.165) is 54.8 Å². The summed E-state index contributed by atoms with van der Waals surface area (Å²) in [6.07, 6.45) is 4.87. The minimum atomic E-state index is -0.288. The molecule has 2 saturated heterocycles. The minimum Gasteiger partial charge on any atom is -0.371 e. The molecule has 2 fully saturated rings. The summed E-state index contributed by atoms with van der Waals surface area (Å²) in [7, 11) is 3.97. The van der Waals surface area contributed by atoms with Crippen molar-refractivity contribution in [3.63, 3.8) is 0 Å². The second kappa shape index (κ2) is 10.3. The van der Waals surface area contributed by atoms with Crippen molar-refractivity contribution in [2.75, 3.05) is 55.0 Å². The van der Waals surface area contributed by atoms with Gasteiger partial charge in [0.2, 0.25) is 11.1 Å². The predicted octanol–water partition coefficient (Wildman–Crippen LogP) is 4.92. The average Bonchev–Trinajstić information content (AvgIpc) is 3.29. The van der Waals surface area contributed by atoms with Crippen molar-refractivity contribution in [2.45, 2.75) is 52.0 Å². The summed E-state index contributed by atoms with van der Waals surface area (Å²) in [6.45, 7) is 10.1. The summed E-state index contributed by atoms with van der Waals surface area (Å²) < 4.78 is 4.45. The van der Waals surface area contributed by atoms with Gasteiger partial charge in [-0.15, -0.1) is 0 Å². The van der Waals surface area contributed by atoms with Gasteiger partial charge < -0.3 is 20.0 Å². The van der Waals surface area contributed by atoms with E-state index in [1.165, 1.54) is 37.2 Å². The number of carbonyl (C=O) groups excluding carboxylic acids is 1. The van der Waals surface area contributed by atoms with Gasteiger partial charge in [-0.05, 0) is 76.5 Å². The fourth-order valence-corrected chi connectivity index (χ4v) is 6.05. The van der Waals surface area contributed by atoms with Crippen LogP contribution < -0.4 is 20.0 Å². The van der Waals surface area contributed by atoms with Gasteiger partial charge in [-0.1, -0.05) is 11.6 Å². The third-order valence-electron chi connectivity index (χ3n) is 6.87. The molecule has 3 heterocycles. The molecule has 0 aliphatic carbocycles. The van der Waals surface area contributed by atoms with E-state index in [1.807, 2.05) is 58.0 Å². The number of anilines is 3. The van der Waals surface area contributed by atoms with Crippen LogP contribution in [0.2, 0.25) is 5.02 Å². The number of amides is 1. The van der Waals surface area contributed by atoms with Crippen LogP contribution in [0.5, 0.6) is 0 Å². The Hall–Kier alpha value is -2.06. The summed E-state index contributed by atoms with van der Waals surface area (Å²) in [6, 6.07) is 5.84. The Labute approximate surface area is 212 Å². The molecule has 1 amide bonds. The van der Waals surface area contributed by atoms with Crippen molar-refractivity contribution in [3.8, 4) is 0 Å². The molecule has 2 aliphatic heterocycles. The Balaban J connectivity index is 1.28. The first-order chi connectivity index (χ1) is 16.1. The number of halogens is 1. The van der Waals surface area contributed by atoms with Gasteiger partial charge in [-0.3, -0.25) is 4.79 Å². The van der Waals surface area contributed by atoms with E-state index in [9.17, 15) is 4.79 Å². The number of hydrogen-bond acceptors (Lipinski definition) is 7. The van der Waals surface area contributed by atoms with E-state index in [1.54, 1.807) is 0 Å². The lowest BCUT2D eigenvalue weighted by Crippen LogP contribution is -2.41. The molecule has 0 spiro atoms. The molecule has 7 nitrogen and oxygen atoms in total. The van der Waals surface area contributed by atoms with E-state index < -0.39 is 0 Å². The highest BCUT2D eigenvalue weighted by Crippen LogP contribution is 2.36. The Morgan fingerprint density at radius 1 is 1.06 bits per heavy atom. The van der Waals surface area contributed by atoms with Gasteiger partial charge in [0.05, 0.1) is 10.6 Å². The zero-order valence-corrected chi connectivity index (χ0v) is 22.5. The molecule has 1 N–H and O–H groups in total. The summed E-state index contributed by atoms with van der Waals surface area (Å²) in [5, 5.41) is 4.55. The van der Waals surface area contributed by atoms with Crippen LogP contribution in [0.1, 0.15) is 56.8 Å². The highest BCUT2D eigenvalue weighted by molar-refractivity contribution is 7.09. The van der Waals surface area contributed by atoms with Crippen molar-refractivity contribution in [2.24, 2.45) is 11.8 Å². The Morgan fingerprint density at radius 2 is 1.65 bits per heavy atom. The lowest BCUT2D eigenvalue weighted by atomic mass is 9.79. The van der Waals surface area contributed by atoms with Gasteiger partial charge in [0, 0.05) is 63.0 Å². The van der Waals surface area contributed by atoms with Crippen LogP contribution in [0.3, 0.4) is 0 Å². The summed E-state index contributed by atoms with van der Waals surface area (Å²) in [5.74, 6) is 2.24. The van der Waals surface area contributed by atoms with Crippen LogP contribution in [0.15, 0.2) is 18.2 Å². The molecular weight excluding hydrogens is 468 g/mol. The average molecular weight is 505 g/mol. The lowest BCUT2D eigenvalue weighted by molar-refractivity contribution is 0.0919. The SMILES string of the molecule is CN(C)c1nsc(N2CCC(C3CCN(c4ccc(C(=O)NC(C)(C)C)c(Cl)c4)CC3)CC2)n1. The fraction of sp³-hybridized carbons (Fsp3) is 0.640. The maximum atomic E-state index is 12.5. The third kappa shape index (κ3) is 5.95. The first kappa shape index (κ1) is 25.0. The van der Waals surface area contributed by atoms with Crippen LogP contribution in [-0.2, 0) is 0 Å². The molecule has 1 aromatic carbocycles. The highest BCUT2D eigenvalue weighted by atomic mass is 35.5. The second-order valence-electron chi connectivity index (χ2n) is 10.8. The van der Waals surface area contributed by atoms with Crippen molar-refractivity contribution in [1.29, 1.82) is 0 Å². The number of nitrogens with one attached hydrogen (secondary N) is 1. The molecule has 2 aromatic rings. The normalized spacial score (nSPS) is 18.3. The molecule has 34 heavy (non-hydrogen) atoms. The van der Waals surface area contributed by atoms with Crippen LogP contribution in [0.25, 0.3) is 0 Å². The smallest absolute Gasteiger partial charge is 0.253 e. The number of aromatic nitrogens is 2. The molecule has 186 valence electrons. The summed E-state index contributed by atoms with van der Waals surface area (Å²) in [4.78, 5) is 24.0. The van der Waals surface area contributed by atoms with Crippen molar-refractivity contribution < 1.29 is 4.79 Å². The maximum absolute atomic E-state index is 12.5. The van der Waals surface area contributed by atoms with Gasteiger partial charge in [0.1, 0.15) is 0 Å². The standard InChI is InChI=1S/C25H37ClN6OS/c1-25(2,3)28-22(33)20-7-6-19(16-21(20)26)31-12-8-17(9-13-31)18-10-14-32(15-11-18)24-27-23(29-34-24)30(4)5/h6-7,16-18H,8-15H2,1-5H3,(H,28,33). The highest BCUT2D eigenvalue weighted by Gasteiger charge is 2.31. The van der Waals surface area contributed by atoms with Crippen LogP contribution in [-0.4, -0.2) is 61.1 Å². The van der Waals surface area contributed by atoms with Crippen LogP contribution in [0, 0.1) is 11.8 Å². The number of benzene rings is 1. The number of rotatable bonds is 5. The van der Waals surface area contributed by atoms with Crippen molar-refractivity contribution >= 4 is 45.8 Å². The quantitative estimate of drug-likeness (QED) is 0.623. The molecule has 1 aromatic heterocycles. The lowest BCUT2D eigenvalue weighted by Gasteiger charge is -2.40. The summed E-state index contributed by atoms with van der Waals surface area (Å²) >= 11 is 8.01. The van der Waals surface area contributed by atoms with Gasteiger partial charge in [0.15, 0.2) is 0 Å². The van der Waals surface area contributed by atoms with E-state index in [4.69, 9.17) is 11.6 Å². The van der Waals surface area contributed by atoms with Gasteiger partial charge >= 0.3 is 0 Å². The molecule has 2 aliphatic rings. The van der Waals surface area contributed by atoms with E-state index in [0.29, 0.717) is 10.6 Å². The molecule has 0 atom stereocenters. The Bertz CT molecular complexity index is 988. The zero-order chi connectivity index (χ0) is 24.5. The van der Waals surface area contributed by atoms with Crippen LogP contribution >= 0.6 is 23.1 Å². The molecule has 9 heteroatoms.